The molecule has 33 heavy (non-hydrogen) atoms. The van der Waals surface area contributed by atoms with Crippen LogP contribution in [0.2, 0.25) is 0 Å². The molecule has 1 heterocycles. The highest BCUT2D eigenvalue weighted by atomic mass is 16.5. The second kappa shape index (κ2) is 11.0. The SMILES string of the molecule is CCCOc1ccc(C2=C(Nc3ccc(N(CC)CC)cc3)C(=O)N(CC(C)C)C2=O)cc1. The van der Waals surface area contributed by atoms with Crippen molar-refractivity contribution in [3.63, 3.8) is 0 Å². The largest absolute Gasteiger partial charge is 0.494 e. The average Bonchev–Trinajstić information content (AvgIpc) is 3.04. The zero-order valence-electron chi connectivity index (χ0n) is 20.4. The summed E-state index contributed by atoms with van der Waals surface area (Å²) >= 11 is 0. The van der Waals surface area contributed by atoms with Gasteiger partial charge < -0.3 is 15.0 Å². The van der Waals surface area contributed by atoms with Crippen LogP contribution in [0.1, 0.15) is 46.6 Å². The molecule has 176 valence electrons. The highest BCUT2D eigenvalue weighted by Crippen LogP contribution is 2.32. The predicted molar refractivity (Wildman–Crippen MR) is 134 cm³/mol. The number of nitrogens with zero attached hydrogens (tertiary/aromatic N) is 2. The summed E-state index contributed by atoms with van der Waals surface area (Å²) in [5, 5.41) is 3.24. The molecule has 6 heteroatoms. The summed E-state index contributed by atoms with van der Waals surface area (Å²) < 4.78 is 5.67. The maximum absolute atomic E-state index is 13.3. The molecule has 1 aliphatic rings. The van der Waals surface area contributed by atoms with Gasteiger partial charge in [-0.15, -0.1) is 0 Å². The highest BCUT2D eigenvalue weighted by molar-refractivity contribution is 6.36. The van der Waals surface area contributed by atoms with E-state index in [0.29, 0.717) is 30.0 Å². The summed E-state index contributed by atoms with van der Waals surface area (Å²) in [6.07, 6.45) is 0.922. The monoisotopic (exact) mass is 449 g/mol. The van der Waals surface area contributed by atoms with Crippen molar-refractivity contribution in [1.29, 1.82) is 0 Å². The number of carbonyl (C=O) groups excluding carboxylic acids is 2. The van der Waals surface area contributed by atoms with E-state index in [-0.39, 0.29) is 17.7 Å². The molecule has 2 aromatic rings. The Morgan fingerprint density at radius 3 is 2.09 bits per heavy atom. The lowest BCUT2D eigenvalue weighted by Gasteiger charge is -2.21. The molecule has 0 aromatic heterocycles. The molecular formula is C27H35N3O3. The number of amides is 2. The minimum atomic E-state index is -0.289. The number of rotatable bonds is 11. The molecular weight excluding hydrogens is 414 g/mol. The Morgan fingerprint density at radius 1 is 0.909 bits per heavy atom. The van der Waals surface area contributed by atoms with Crippen LogP contribution in [-0.2, 0) is 9.59 Å². The van der Waals surface area contributed by atoms with E-state index in [1.165, 1.54) is 4.90 Å². The number of benzene rings is 2. The third kappa shape index (κ3) is 5.56. The first-order valence-corrected chi connectivity index (χ1v) is 11.8. The van der Waals surface area contributed by atoms with Gasteiger partial charge in [0.05, 0.1) is 12.2 Å². The quantitative estimate of drug-likeness (QED) is 0.480. The maximum Gasteiger partial charge on any atom is 0.278 e. The number of hydrogen-bond donors (Lipinski definition) is 1. The van der Waals surface area contributed by atoms with E-state index in [2.05, 4.69) is 31.0 Å². The summed E-state index contributed by atoms with van der Waals surface area (Å²) in [4.78, 5) is 30.2. The zero-order chi connectivity index (χ0) is 24.0. The topological polar surface area (TPSA) is 61.9 Å². The Labute approximate surface area is 197 Å². The number of hydrogen-bond acceptors (Lipinski definition) is 5. The van der Waals surface area contributed by atoms with Crippen molar-refractivity contribution >= 4 is 28.8 Å². The number of nitrogens with one attached hydrogen (secondary N) is 1. The average molecular weight is 450 g/mol. The summed E-state index contributed by atoms with van der Waals surface area (Å²) in [5.74, 6) is 0.371. The first kappa shape index (κ1) is 24.4. The van der Waals surface area contributed by atoms with Crippen LogP contribution in [0.15, 0.2) is 54.2 Å². The minimum absolute atomic E-state index is 0.177. The van der Waals surface area contributed by atoms with Crippen molar-refractivity contribution < 1.29 is 14.3 Å². The van der Waals surface area contributed by atoms with Crippen molar-refractivity contribution in [1.82, 2.24) is 4.90 Å². The molecule has 0 atom stereocenters. The van der Waals surface area contributed by atoms with Crippen LogP contribution in [-0.4, -0.2) is 43.0 Å². The first-order valence-electron chi connectivity index (χ1n) is 11.8. The molecule has 2 amide bonds. The lowest BCUT2D eigenvalue weighted by atomic mass is 10.0. The van der Waals surface area contributed by atoms with Crippen molar-refractivity contribution in [2.24, 2.45) is 5.92 Å². The normalized spacial score (nSPS) is 13.8. The molecule has 0 saturated carbocycles. The molecule has 2 aromatic carbocycles. The summed E-state index contributed by atoms with van der Waals surface area (Å²) in [7, 11) is 0. The van der Waals surface area contributed by atoms with Gasteiger partial charge in [-0.1, -0.05) is 32.9 Å². The van der Waals surface area contributed by atoms with E-state index in [1.807, 2.05) is 62.4 Å². The first-order chi connectivity index (χ1) is 15.9. The van der Waals surface area contributed by atoms with E-state index in [9.17, 15) is 9.59 Å². The van der Waals surface area contributed by atoms with Gasteiger partial charge >= 0.3 is 0 Å². The van der Waals surface area contributed by atoms with E-state index < -0.39 is 0 Å². The molecule has 3 rings (SSSR count). The maximum atomic E-state index is 13.3. The Morgan fingerprint density at radius 2 is 1.55 bits per heavy atom. The van der Waals surface area contributed by atoms with Crippen LogP contribution in [0.3, 0.4) is 0 Å². The predicted octanol–water partition coefficient (Wildman–Crippen LogP) is 5.17. The number of carbonyl (C=O) groups is 2. The molecule has 0 radical (unpaired) electrons. The number of imide groups is 1. The molecule has 0 saturated heterocycles. The van der Waals surface area contributed by atoms with Gasteiger partial charge in [-0.25, -0.2) is 0 Å². The minimum Gasteiger partial charge on any atom is -0.494 e. The number of anilines is 2. The van der Waals surface area contributed by atoms with E-state index in [1.54, 1.807) is 0 Å². The van der Waals surface area contributed by atoms with Gasteiger partial charge in [0.1, 0.15) is 11.4 Å². The van der Waals surface area contributed by atoms with Crippen LogP contribution in [0.25, 0.3) is 5.57 Å². The van der Waals surface area contributed by atoms with Gasteiger partial charge in [0.15, 0.2) is 0 Å². The molecule has 0 aliphatic carbocycles. The Hall–Kier alpha value is -3.28. The number of ether oxygens (including phenoxy) is 1. The Bertz CT molecular complexity index is 990. The Kier molecular flexibility index (Phi) is 8.15. The fourth-order valence-electron chi connectivity index (χ4n) is 3.92. The molecule has 0 unspecified atom stereocenters. The zero-order valence-corrected chi connectivity index (χ0v) is 20.4. The van der Waals surface area contributed by atoms with Gasteiger partial charge in [0.25, 0.3) is 11.8 Å². The fraction of sp³-hybridized carbons (Fsp3) is 0.407. The van der Waals surface area contributed by atoms with Gasteiger partial charge in [0.2, 0.25) is 0 Å². The molecule has 1 N–H and O–H groups in total. The summed E-state index contributed by atoms with van der Waals surface area (Å²) in [6, 6.07) is 15.3. The smallest absolute Gasteiger partial charge is 0.278 e. The van der Waals surface area contributed by atoms with E-state index in [4.69, 9.17) is 4.74 Å². The molecule has 6 nitrogen and oxygen atoms in total. The molecule has 0 fully saturated rings. The van der Waals surface area contributed by atoms with Crippen molar-refractivity contribution in [3.8, 4) is 5.75 Å². The van der Waals surface area contributed by atoms with Gasteiger partial charge in [0, 0.05) is 31.0 Å². The fourth-order valence-corrected chi connectivity index (χ4v) is 3.92. The lowest BCUT2D eigenvalue weighted by Crippen LogP contribution is -2.35. The van der Waals surface area contributed by atoms with Crippen LogP contribution in [0.4, 0.5) is 11.4 Å². The van der Waals surface area contributed by atoms with Crippen LogP contribution >= 0.6 is 0 Å². The van der Waals surface area contributed by atoms with E-state index >= 15 is 0 Å². The van der Waals surface area contributed by atoms with Crippen LogP contribution < -0.4 is 15.0 Å². The Balaban J connectivity index is 1.94. The van der Waals surface area contributed by atoms with Crippen molar-refractivity contribution in [2.75, 3.05) is 36.5 Å². The molecule has 0 spiro atoms. The second-order valence-electron chi connectivity index (χ2n) is 8.58. The van der Waals surface area contributed by atoms with Crippen LogP contribution in [0, 0.1) is 5.92 Å². The molecule has 0 bridgehead atoms. The third-order valence-corrected chi connectivity index (χ3v) is 5.60. The third-order valence-electron chi connectivity index (χ3n) is 5.60. The second-order valence-corrected chi connectivity index (χ2v) is 8.58. The standard InChI is InChI=1S/C27H35N3O3/c1-6-17-33-23-15-9-20(10-16-23)24-25(27(32)30(26(24)31)18-19(4)5)28-21-11-13-22(14-12-21)29(7-2)8-3/h9-16,19,28H,6-8,17-18H2,1-5H3. The van der Waals surface area contributed by atoms with Crippen molar-refractivity contribution in [3.05, 3.63) is 59.8 Å². The van der Waals surface area contributed by atoms with Gasteiger partial charge in [-0.05, 0) is 68.1 Å². The summed E-state index contributed by atoms with van der Waals surface area (Å²) in [5.41, 5.74) is 3.31. The van der Waals surface area contributed by atoms with E-state index in [0.717, 1.165) is 36.6 Å². The van der Waals surface area contributed by atoms with Gasteiger partial charge in [-0.2, -0.15) is 0 Å². The van der Waals surface area contributed by atoms with Gasteiger partial charge in [-0.3, -0.25) is 14.5 Å². The van der Waals surface area contributed by atoms with Crippen LogP contribution in [0.5, 0.6) is 5.75 Å². The lowest BCUT2D eigenvalue weighted by molar-refractivity contribution is -0.137. The summed E-state index contributed by atoms with van der Waals surface area (Å²) in [6.45, 7) is 13.2. The molecule has 1 aliphatic heterocycles. The van der Waals surface area contributed by atoms with Crippen molar-refractivity contribution in [2.45, 2.75) is 41.0 Å². The highest BCUT2D eigenvalue weighted by Gasteiger charge is 2.39.